The second-order valence-corrected chi connectivity index (χ2v) is 14.6. The Bertz CT molecular complexity index is 2890. The van der Waals surface area contributed by atoms with E-state index in [0.29, 0.717) is 34.8 Å². The number of aromatic hydroxyl groups is 2. The molecule has 0 spiro atoms. The van der Waals surface area contributed by atoms with Gasteiger partial charge in [-0.25, -0.2) is 0 Å². The molecule has 0 aliphatic rings. The Morgan fingerprint density at radius 2 is 1.06 bits per heavy atom. The van der Waals surface area contributed by atoms with E-state index in [-0.39, 0.29) is 43.1 Å². The van der Waals surface area contributed by atoms with Crippen LogP contribution in [0.2, 0.25) is 0 Å². The first-order valence-electron chi connectivity index (χ1n) is 16.7. The van der Waals surface area contributed by atoms with Crippen LogP contribution in [0.3, 0.4) is 0 Å². The summed E-state index contributed by atoms with van der Waals surface area (Å²) >= 11 is 0.995. The Hall–Kier alpha value is -7.02. The van der Waals surface area contributed by atoms with E-state index in [1.165, 1.54) is 37.4 Å². The fourth-order valence-corrected chi connectivity index (χ4v) is 7.78. The van der Waals surface area contributed by atoms with Crippen molar-refractivity contribution in [1.82, 2.24) is 20.4 Å². The fourth-order valence-electron chi connectivity index (χ4n) is 5.70. The number of hydrogen-bond acceptors (Lipinski definition) is 11. The number of aliphatic carboxylic acids is 2. The number of benzene rings is 3. The van der Waals surface area contributed by atoms with E-state index in [1.54, 1.807) is 0 Å². The molecule has 6 N–H and O–H groups in total. The Morgan fingerprint density at radius 1 is 0.645 bits per heavy atom. The number of fused-ring (bicyclic) bond motifs is 2. The molecule has 3 aromatic carbocycles. The number of nitrogens with zero attached hydrogens (tertiary/aromatic N) is 2. The summed E-state index contributed by atoms with van der Waals surface area (Å²) < 4.78 is 119. The molecule has 25 heteroatoms. The molecular weight excluding hydrogens is 896 g/mol. The minimum absolute atomic E-state index is 0.0134. The summed E-state index contributed by atoms with van der Waals surface area (Å²) in [6, 6.07) is 9.48. The SMILES string of the molecule is Cn1nc(C(F)(F)F)cc1-c1cccc2c(=O)c(C(=O)NCC(=O)O)c(O)sc12.O=C(O)CNC(=O)c1c(O)sc2c(-c3cc(C(F)(F)F)cc(C(F)(F)F)c3)cccc2c1=O. The molecular formula is C37H23F9N4O10S2. The summed E-state index contributed by atoms with van der Waals surface area (Å²) in [4.78, 5) is 70.9. The first-order chi connectivity index (χ1) is 28.7. The van der Waals surface area contributed by atoms with E-state index < -0.39 is 110 Å². The number of carboxylic acid groups (broad SMARTS) is 2. The molecule has 0 unspecified atom stereocenters. The highest BCUT2D eigenvalue weighted by Gasteiger charge is 2.38. The number of hydrogen-bond donors (Lipinski definition) is 6. The maximum atomic E-state index is 13.2. The van der Waals surface area contributed by atoms with Gasteiger partial charge in [-0.2, -0.15) is 44.6 Å². The van der Waals surface area contributed by atoms with Crippen molar-refractivity contribution in [3.63, 3.8) is 0 Å². The third kappa shape index (κ3) is 9.78. The molecule has 326 valence electrons. The van der Waals surface area contributed by atoms with Crippen LogP contribution in [0, 0.1) is 0 Å². The fraction of sp³-hybridized carbons (Fsp3) is 0.162. The summed E-state index contributed by atoms with van der Waals surface area (Å²) in [5.41, 5.74) is -8.09. The minimum Gasteiger partial charge on any atom is -0.499 e. The molecule has 2 amide bonds. The maximum absolute atomic E-state index is 13.2. The Balaban J connectivity index is 0.000000236. The third-order valence-corrected chi connectivity index (χ3v) is 10.5. The van der Waals surface area contributed by atoms with Crippen molar-refractivity contribution in [2.24, 2.45) is 7.05 Å². The molecule has 62 heavy (non-hydrogen) atoms. The summed E-state index contributed by atoms with van der Waals surface area (Å²) in [6.45, 7) is -1.61. The molecule has 0 fully saturated rings. The average Bonchev–Trinajstić information content (AvgIpc) is 3.57. The number of halogens is 9. The Morgan fingerprint density at radius 3 is 1.45 bits per heavy atom. The van der Waals surface area contributed by atoms with Crippen molar-refractivity contribution >= 4 is 66.6 Å². The summed E-state index contributed by atoms with van der Waals surface area (Å²) in [5, 5.41) is 43.2. The van der Waals surface area contributed by atoms with Gasteiger partial charge in [0.15, 0.2) is 15.8 Å². The molecule has 14 nitrogen and oxygen atoms in total. The van der Waals surface area contributed by atoms with Crippen LogP contribution in [0.4, 0.5) is 39.5 Å². The predicted molar refractivity (Wildman–Crippen MR) is 202 cm³/mol. The van der Waals surface area contributed by atoms with Gasteiger partial charge >= 0.3 is 30.5 Å². The molecule has 3 aromatic heterocycles. The van der Waals surface area contributed by atoms with Crippen LogP contribution in [0.25, 0.3) is 42.6 Å². The predicted octanol–water partition coefficient (Wildman–Crippen LogP) is 6.69. The Kier molecular flexibility index (Phi) is 12.7. The lowest BCUT2D eigenvalue weighted by atomic mass is 9.98. The number of carboxylic acids is 2. The van der Waals surface area contributed by atoms with Gasteiger partial charge in [-0.1, -0.05) is 46.9 Å². The minimum atomic E-state index is -5.09. The molecule has 0 saturated heterocycles. The quantitative estimate of drug-likeness (QED) is 0.0883. The molecule has 0 atom stereocenters. The number of amides is 2. The first kappa shape index (κ1) is 46.1. The number of carbonyl (C=O) groups is 4. The zero-order valence-corrected chi connectivity index (χ0v) is 32.2. The van der Waals surface area contributed by atoms with E-state index in [2.05, 4.69) is 5.10 Å². The van der Waals surface area contributed by atoms with Crippen LogP contribution in [-0.2, 0) is 35.2 Å². The van der Waals surface area contributed by atoms with Gasteiger partial charge in [0, 0.05) is 28.1 Å². The number of nitrogens with one attached hydrogen (secondary N) is 2. The lowest BCUT2D eigenvalue weighted by Gasteiger charge is -2.15. The van der Waals surface area contributed by atoms with Gasteiger partial charge in [-0.05, 0) is 47.5 Å². The van der Waals surface area contributed by atoms with Crippen LogP contribution in [-0.4, -0.2) is 67.0 Å². The van der Waals surface area contributed by atoms with Gasteiger partial charge in [0.1, 0.15) is 24.2 Å². The van der Waals surface area contributed by atoms with E-state index in [4.69, 9.17) is 10.2 Å². The van der Waals surface area contributed by atoms with Crippen LogP contribution >= 0.6 is 22.7 Å². The van der Waals surface area contributed by atoms with Crippen molar-refractivity contribution in [2.75, 3.05) is 13.1 Å². The van der Waals surface area contributed by atoms with Crippen molar-refractivity contribution in [2.45, 2.75) is 18.5 Å². The lowest BCUT2D eigenvalue weighted by molar-refractivity contribution is -0.143. The lowest BCUT2D eigenvalue weighted by Crippen LogP contribution is -2.32. The van der Waals surface area contributed by atoms with E-state index >= 15 is 0 Å². The molecule has 0 saturated carbocycles. The maximum Gasteiger partial charge on any atom is 0.435 e. The number of alkyl halides is 9. The van der Waals surface area contributed by atoms with Crippen LogP contribution in [0.15, 0.2) is 70.3 Å². The summed E-state index contributed by atoms with van der Waals surface area (Å²) in [6.07, 6.45) is -14.8. The number of aryl methyl sites for hydroxylation is 1. The number of rotatable bonds is 8. The monoisotopic (exact) mass is 918 g/mol. The molecule has 0 bridgehead atoms. The van der Waals surface area contributed by atoms with Crippen LogP contribution in [0.1, 0.15) is 37.5 Å². The van der Waals surface area contributed by atoms with E-state index in [9.17, 15) is 78.5 Å². The van der Waals surface area contributed by atoms with Gasteiger partial charge in [0.05, 0.1) is 21.5 Å². The third-order valence-electron chi connectivity index (χ3n) is 8.40. The number of aromatic nitrogens is 2. The van der Waals surface area contributed by atoms with Crippen molar-refractivity contribution in [3.05, 3.63) is 109 Å². The van der Waals surface area contributed by atoms with Gasteiger partial charge in [0.2, 0.25) is 10.9 Å². The van der Waals surface area contributed by atoms with Gasteiger partial charge in [-0.3, -0.25) is 33.4 Å². The smallest absolute Gasteiger partial charge is 0.435 e. The van der Waals surface area contributed by atoms with E-state index in [1.807, 2.05) is 10.6 Å². The summed E-state index contributed by atoms with van der Waals surface area (Å²) in [5.74, 6) is -5.04. The van der Waals surface area contributed by atoms with Crippen molar-refractivity contribution in [3.8, 4) is 32.5 Å². The van der Waals surface area contributed by atoms with Crippen molar-refractivity contribution in [1.29, 1.82) is 0 Å². The topological polar surface area (TPSA) is 225 Å². The van der Waals surface area contributed by atoms with Gasteiger partial charge in [0.25, 0.3) is 11.8 Å². The molecule has 3 heterocycles. The highest BCUT2D eigenvalue weighted by atomic mass is 32.1. The molecule has 0 aliphatic carbocycles. The van der Waals surface area contributed by atoms with Crippen LogP contribution < -0.4 is 21.5 Å². The van der Waals surface area contributed by atoms with Gasteiger partial charge < -0.3 is 31.1 Å². The number of carbonyl (C=O) groups excluding carboxylic acids is 2. The highest BCUT2D eigenvalue weighted by Crippen LogP contribution is 2.42. The Labute approximate surface area is 345 Å². The molecule has 0 aliphatic heterocycles. The second kappa shape index (κ2) is 17.2. The average molecular weight is 919 g/mol. The molecule has 0 radical (unpaired) electrons. The zero-order valence-electron chi connectivity index (χ0n) is 30.5. The molecule has 6 aromatic rings. The largest absolute Gasteiger partial charge is 0.499 e. The van der Waals surface area contributed by atoms with Gasteiger partial charge in [-0.15, -0.1) is 0 Å². The zero-order chi connectivity index (χ0) is 46.2. The second-order valence-electron chi connectivity index (χ2n) is 12.6. The normalized spacial score (nSPS) is 11.8. The molecule has 6 rings (SSSR count). The van der Waals surface area contributed by atoms with Crippen molar-refractivity contribution < 1.29 is 79.1 Å². The first-order valence-corrected chi connectivity index (χ1v) is 18.3. The van der Waals surface area contributed by atoms with E-state index in [0.717, 1.165) is 16.8 Å². The van der Waals surface area contributed by atoms with Crippen LogP contribution in [0.5, 0.6) is 10.1 Å². The summed E-state index contributed by atoms with van der Waals surface area (Å²) in [7, 11) is 1.31. The highest BCUT2D eigenvalue weighted by molar-refractivity contribution is 7.21. The standard InChI is InChI=1S/C20H11F6NO5S.C17H12F3N3O5S/c21-19(22,23)9-4-8(5-10(6-9)20(24,25)26)11-2-1-3-12-15(30)14(18(32)33-16(11)12)17(31)27-7-13(28)29;1-23-9(5-10(22-23)17(18,19)20)7-3-2-4-8-13(26)12(16(28)29-14(7)8)15(27)21-6-11(24)25/h1-6,32H,7H2,(H,27,31)(H,28,29);2-5,28H,6H2,1H3,(H,21,27)(H,24,25).